The van der Waals surface area contributed by atoms with Crippen LogP contribution in [0.15, 0.2) is 17.0 Å². The second-order valence-electron chi connectivity index (χ2n) is 3.18. The molecule has 5 heteroatoms. The summed E-state index contributed by atoms with van der Waals surface area (Å²) in [7, 11) is 0. The van der Waals surface area contributed by atoms with Crippen molar-refractivity contribution in [3.05, 3.63) is 27.7 Å². The highest BCUT2D eigenvalue weighted by Crippen LogP contribution is 2.06. The third kappa shape index (κ3) is 4.22. The maximum absolute atomic E-state index is 10.5. The van der Waals surface area contributed by atoms with E-state index in [-0.39, 0.29) is 0 Å². The number of thiazole rings is 1. The standard InChI is InChI=1S/C10H14N2O2S/c1-7(10(13)14)3-4-11-5-9-6-15-8(2)12-9/h3,6,11H,4-5H2,1-2H3,(H,13,14). The van der Waals surface area contributed by atoms with Crippen LogP contribution in [0.5, 0.6) is 0 Å². The summed E-state index contributed by atoms with van der Waals surface area (Å²) in [6.07, 6.45) is 1.65. The number of hydrogen-bond donors (Lipinski definition) is 2. The van der Waals surface area contributed by atoms with Crippen molar-refractivity contribution in [3.8, 4) is 0 Å². The van der Waals surface area contributed by atoms with E-state index in [1.54, 1.807) is 24.3 Å². The summed E-state index contributed by atoms with van der Waals surface area (Å²) in [5.41, 5.74) is 1.36. The molecule has 1 aromatic rings. The number of nitrogens with zero attached hydrogens (tertiary/aromatic N) is 1. The number of carbonyl (C=O) groups is 1. The van der Waals surface area contributed by atoms with Gasteiger partial charge in [0, 0.05) is 24.0 Å². The minimum atomic E-state index is -0.874. The van der Waals surface area contributed by atoms with Gasteiger partial charge in [0.2, 0.25) is 0 Å². The minimum absolute atomic E-state index is 0.358. The van der Waals surface area contributed by atoms with E-state index in [0.29, 0.717) is 18.7 Å². The third-order valence-electron chi connectivity index (χ3n) is 1.86. The maximum Gasteiger partial charge on any atom is 0.330 e. The summed E-state index contributed by atoms with van der Waals surface area (Å²) >= 11 is 1.61. The minimum Gasteiger partial charge on any atom is -0.478 e. The molecule has 0 aliphatic rings. The molecule has 0 aromatic carbocycles. The van der Waals surface area contributed by atoms with E-state index >= 15 is 0 Å². The van der Waals surface area contributed by atoms with Crippen LogP contribution in [0, 0.1) is 6.92 Å². The van der Waals surface area contributed by atoms with Gasteiger partial charge in [0.05, 0.1) is 10.7 Å². The first-order valence-corrected chi connectivity index (χ1v) is 5.49. The second-order valence-corrected chi connectivity index (χ2v) is 4.24. The van der Waals surface area contributed by atoms with Crippen molar-refractivity contribution in [3.63, 3.8) is 0 Å². The van der Waals surface area contributed by atoms with E-state index < -0.39 is 5.97 Å². The van der Waals surface area contributed by atoms with Crippen molar-refractivity contribution < 1.29 is 9.90 Å². The summed E-state index contributed by atoms with van der Waals surface area (Å²) in [4.78, 5) is 14.7. The van der Waals surface area contributed by atoms with E-state index in [0.717, 1.165) is 10.7 Å². The molecule has 0 saturated heterocycles. The van der Waals surface area contributed by atoms with Crippen LogP contribution in [0.1, 0.15) is 17.6 Å². The summed E-state index contributed by atoms with van der Waals surface area (Å²) in [5.74, 6) is -0.874. The molecule has 0 fully saturated rings. The lowest BCUT2D eigenvalue weighted by Crippen LogP contribution is -2.14. The summed E-state index contributed by atoms with van der Waals surface area (Å²) in [6.45, 7) is 4.77. The average Bonchev–Trinajstić information content (AvgIpc) is 2.58. The molecule has 0 unspecified atom stereocenters. The lowest BCUT2D eigenvalue weighted by molar-refractivity contribution is -0.132. The SMILES string of the molecule is CC(=CCNCc1csc(C)n1)C(=O)O. The second kappa shape index (κ2) is 5.63. The predicted molar refractivity (Wildman–Crippen MR) is 60.0 cm³/mol. The van der Waals surface area contributed by atoms with Gasteiger partial charge in [0.25, 0.3) is 0 Å². The van der Waals surface area contributed by atoms with Crippen LogP contribution in [-0.2, 0) is 11.3 Å². The van der Waals surface area contributed by atoms with Crippen molar-refractivity contribution >= 4 is 17.3 Å². The molecule has 0 aliphatic carbocycles. The van der Waals surface area contributed by atoms with E-state index in [4.69, 9.17) is 5.11 Å². The number of carboxylic acid groups (broad SMARTS) is 1. The van der Waals surface area contributed by atoms with Gasteiger partial charge in [-0.3, -0.25) is 0 Å². The number of hydrogen-bond acceptors (Lipinski definition) is 4. The number of aryl methyl sites for hydroxylation is 1. The monoisotopic (exact) mass is 226 g/mol. The molecule has 0 aliphatic heterocycles. The van der Waals surface area contributed by atoms with E-state index in [1.807, 2.05) is 12.3 Å². The molecule has 0 amide bonds. The lowest BCUT2D eigenvalue weighted by Gasteiger charge is -1.98. The molecule has 0 saturated carbocycles. The fourth-order valence-corrected chi connectivity index (χ4v) is 1.61. The molecule has 0 atom stereocenters. The molecule has 0 radical (unpaired) electrons. The zero-order chi connectivity index (χ0) is 11.3. The Morgan fingerprint density at radius 1 is 1.73 bits per heavy atom. The van der Waals surface area contributed by atoms with Crippen molar-refractivity contribution in [1.29, 1.82) is 0 Å². The number of aromatic nitrogens is 1. The van der Waals surface area contributed by atoms with Crippen molar-refractivity contribution in [2.45, 2.75) is 20.4 Å². The van der Waals surface area contributed by atoms with Crippen molar-refractivity contribution in [2.24, 2.45) is 0 Å². The van der Waals surface area contributed by atoms with Crippen LogP contribution in [0.25, 0.3) is 0 Å². The molecule has 4 nitrogen and oxygen atoms in total. The number of rotatable bonds is 5. The van der Waals surface area contributed by atoms with Gasteiger partial charge in [0.1, 0.15) is 0 Å². The topological polar surface area (TPSA) is 62.2 Å². The van der Waals surface area contributed by atoms with Gasteiger partial charge >= 0.3 is 5.97 Å². The van der Waals surface area contributed by atoms with Crippen LogP contribution < -0.4 is 5.32 Å². The number of nitrogens with one attached hydrogen (secondary N) is 1. The Balaban J connectivity index is 2.28. The highest BCUT2D eigenvalue weighted by Gasteiger charge is 1.99. The molecule has 2 N–H and O–H groups in total. The Morgan fingerprint density at radius 3 is 3.00 bits per heavy atom. The number of carboxylic acids is 1. The third-order valence-corrected chi connectivity index (χ3v) is 2.68. The van der Waals surface area contributed by atoms with Crippen LogP contribution in [0.3, 0.4) is 0 Å². The summed E-state index contributed by atoms with van der Waals surface area (Å²) in [5, 5.41) is 14.7. The number of aliphatic carboxylic acids is 1. The molecule has 0 spiro atoms. The first kappa shape index (κ1) is 11.9. The van der Waals surface area contributed by atoms with Gasteiger partial charge in [-0.25, -0.2) is 9.78 Å². The largest absolute Gasteiger partial charge is 0.478 e. The maximum atomic E-state index is 10.5. The molecular weight excluding hydrogens is 212 g/mol. The Morgan fingerprint density at radius 2 is 2.47 bits per heavy atom. The van der Waals surface area contributed by atoms with Gasteiger partial charge in [-0.15, -0.1) is 11.3 Å². The Bertz CT molecular complexity index is 371. The van der Waals surface area contributed by atoms with E-state index in [2.05, 4.69) is 10.3 Å². The lowest BCUT2D eigenvalue weighted by atomic mass is 10.3. The quantitative estimate of drug-likeness (QED) is 0.591. The van der Waals surface area contributed by atoms with Gasteiger partial charge < -0.3 is 10.4 Å². The normalized spacial score (nSPS) is 11.7. The van der Waals surface area contributed by atoms with Crippen LogP contribution in [0.4, 0.5) is 0 Å². The Kier molecular flexibility index (Phi) is 4.45. The van der Waals surface area contributed by atoms with Crippen LogP contribution >= 0.6 is 11.3 Å². The van der Waals surface area contributed by atoms with E-state index in [1.165, 1.54) is 0 Å². The van der Waals surface area contributed by atoms with Crippen LogP contribution in [0.2, 0.25) is 0 Å². The van der Waals surface area contributed by atoms with Crippen LogP contribution in [-0.4, -0.2) is 22.6 Å². The molecule has 15 heavy (non-hydrogen) atoms. The molecule has 1 heterocycles. The van der Waals surface area contributed by atoms with Crippen molar-refractivity contribution in [1.82, 2.24) is 10.3 Å². The Hall–Kier alpha value is -1.20. The highest BCUT2D eigenvalue weighted by molar-refractivity contribution is 7.09. The van der Waals surface area contributed by atoms with Gasteiger partial charge in [-0.2, -0.15) is 0 Å². The zero-order valence-electron chi connectivity index (χ0n) is 8.78. The fraction of sp³-hybridized carbons (Fsp3) is 0.400. The summed E-state index contributed by atoms with van der Waals surface area (Å²) in [6, 6.07) is 0. The smallest absolute Gasteiger partial charge is 0.330 e. The molecule has 82 valence electrons. The Labute approximate surface area is 92.7 Å². The van der Waals surface area contributed by atoms with E-state index in [9.17, 15) is 4.79 Å². The first-order valence-electron chi connectivity index (χ1n) is 4.61. The van der Waals surface area contributed by atoms with Gasteiger partial charge in [-0.05, 0) is 13.8 Å². The molecular formula is C10H14N2O2S. The fourth-order valence-electron chi connectivity index (χ4n) is 1.00. The molecule has 1 aromatic heterocycles. The average molecular weight is 226 g/mol. The predicted octanol–water partition coefficient (Wildman–Crippen LogP) is 1.57. The van der Waals surface area contributed by atoms with Crippen molar-refractivity contribution in [2.75, 3.05) is 6.54 Å². The zero-order valence-corrected chi connectivity index (χ0v) is 9.60. The molecule has 1 rings (SSSR count). The highest BCUT2D eigenvalue weighted by atomic mass is 32.1. The first-order chi connectivity index (χ1) is 7.09. The molecule has 0 bridgehead atoms. The van der Waals surface area contributed by atoms with Gasteiger partial charge in [-0.1, -0.05) is 6.08 Å². The summed E-state index contributed by atoms with van der Waals surface area (Å²) < 4.78 is 0. The van der Waals surface area contributed by atoms with Gasteiger partial charge in [0.15, 0.2) is 0 Å².